The van der Waals surface area contributed by atoms with E-state index in [9.17, 15) is 4.79 Å². The zero-order chi connectivity index (χ0) is 22.0. The molecule has 32 heavy (non-hydrogen) atoms. The van der Waals surface area contributed by atoms with Crippen molar-refractivity contribution in [3.8, 4) is 0 Å². The smallest absolute Gasteiger partial charge is 0.239 e. The van der Waals surface area contributed by atoms with Gasteiger partial charge in [0.15, 0.2) is 5.13 Å². The van der Waals surface area contributed by atoms with Crippen LogP contribution in [0.4, 0.5) is 10.8 Å². The molecule has 0 aliphatic heterocycles. The van der Waals surface area contributed by atoms with Crippen LogP contribution in [0.5, 0.6) is 0 Å². The van der Waals surface area contributed by atoms with Crippen LogP contribution in [-0.2, 0) is 30.5 Å². The van der Waals surface area contributed by atoms with Crippen molar-refractivity contribution in [1.82, 2.24) is 4.98 Å². The molecule has 0 spiro atoms. The van der Waals surface area contributed by atoms with Gasteiger partial charge in [0, 0.05) is 11.6 Å². The zero-order valence-electron chi connectivity index (χ0n) is 18.2. The first-order chi connectivity index (χ1) is 15.6. The van der Waals surface area contributed by atoms with Gasteiger partial charge in [-0.3, -0.25) is 9.69 Å². The maximum Gasteiger partial charge on any atom is 0.239 e. The van der Waals surface area contributed by atoms with Gasteiger partial charge < -0.3 is 0 Å². The summed E-state index contributed by atoms with van der Waals surface area (Å²) in [6.45, 7) is 2.10. The summed E-state index contributed by atoms with van der Waals surface area (Å²) in [7, 11) is 0. The van der Waals surface area contributed by atoms with E-state index < -0.39 is 5.41 Å². The van der Waals surface area contributed by atoms with E-state index in [4.69, 9.17) is 0 Å². The standard InChI is InChI=1S/C28H26N2OS/c1-28(26(31)30(27-29-16-17-32-27)25-10-6-3-7-11-25)19-23-15-14-22(18-24(23)20-28)13-12-21-8-4-2-5-9-21/h2-11,14-18H,12-13,19-20H2,1H3. The summed E-state index contributed by atoms with van der Waals surface area (Å²) in [5.74, 6) is 0.112. The van der Waals surface area contributed by atoms with Crippen LogP contribution >= 0.6 is 11.3 Å². The number of amides is 1. The van der Waals surface area contributed by atoms with E-state index in [-0.39, 0.29) is 5.91 Å². The van der Waals surface area contributed by atoms with Gasteiger partial charge >= 0.3 is 0 Å². The third-order valence-corrected chi connectivity index (χ3v) is 7.08. The molecular weight excluding hydrogens is 412 g/mol. The molecular formula is C28H26N2OS. The molecule has 1 aliphatic carbocycles. The van der Waals surface area contributed by atoms with E-state index in [0.717, 1.165) is 36.5 Å². The topological polar surface area (TPSA) is 33.2 Å². The molecule has 1 atom stereocenters. The molecule has 0 N–H and O–H groups in total. The summed E-state index contributed by atoms with van der Waals surface area (Å²) in [6, 6.07) is 27.2. The van der Waals surface area contributed by atoms with Gasteiger partial charge in [0.2, 0.25) is 5.91 Å². The molecule has 4 aromatic rings. The van der Waals surface area contributed by atoms with Gasteiger partial charge in [-0.2, -0.15) is 0 Å². The summed E-state index contributed by atoms with van der Waals surface area (Å²) in [6.07, 6.45) is 5.32. The number of rotatable bonds is 6. The Labute approximate surface area is 193 Å². The fourth-order valence-corrected chi connectivity index (χ4v) is 5.31. The fraction of sp³-hybridized carbons (Fsp3) is 0.214. The first-order valence-electron chi connectivity index (χ1n) is 11.1. The van der Waals surface area contributed by atoms with E-state index in [1.165, 1.54) is 33.6 Å². The molecule has 0 radical (unpaired) electrons. The number of aromatic nitrogens is 1. The average molecular weight is 439 g/mol. The summed E-state index contributed by atoms with van der Waals surface area (Å²) >= 11 is 1.50. The SMILES string of the molecule is CC1(C(=O)N(c2ccccc2)c2nccs2)Cc2ccc(CCc3ccccc3)cc2C1. The van der Waals surface area contributed by atoms with Gasteiger partial charge in [0.25, 0.3) is 0 Å². The average Bonchev–Trinajstić information content (AvgIpc) is 3.47. The second-order valence-corrected chi connectivity index (χ2v) is 9.67. The number of hydrogen-bond donors (Lipinski definition) is 0. The van der Waals surface area contributed by atoms with Crippen molar-refractivity contribution in [2.24, 2.45) is 5.41 Å². The van der Waals surface area contributed by atoms with Crippen LogP contribution in [0.3, 0.4) is 0 Å². The number of fused-ring (bicyclic) bond motifs is 1. The molecule has 0 saturated heterocycles. The van der Waals surface area contributed by atoms with Gasteiger partial charge in [-0.1, -0.05) is 73.7 Å². The summed E-state index contributed by atoms with van der Waals surface area (Å²) in [5.41, 5.74) is 5.67. The Kier molecular flexibility index (Phi) is 5.62. The Morgan fingerprint density at radius 2 is 1.59 bits per heavy atom. The number of aryl methyl sites for hydroxylation is 2. The van der Waals surface area contributed by atoms with Crippen LogP contribution < -0.4 is 4.90 Å². The largest absolute Gasteiger partial charge is 0.273 e. The summed E-state index contributed by atoms with van der Waals surface area (Å²) in [4.78, 5) is 20.2. The van der Waals surface area contributed by atoms with E-state index >= 15 is 0 Å². The Morgan fingerprint density at radius 1 is 0.906 bits per heavy atom. The number of thiazole rings is 1. The number of carbonyl (C=O) groups excluding carboxylic acids is 1. The Balaban J connectivity index is 1.38. The molecule has 0 saturated carbocycles. The molecule has 3 aromatic carbocycles. The Morgan fingerprint density at radius 3 is 2.31 bits per heavy atom. The minimum atomic E-state index is -0.484. The van der Waals surface area contributed by atoms with Gasteiger partial charge in [0.1, 0.15) is 0 Å². The molecule has 160 valence electrons. The maximum atomic E-state index is 13.9. The highest BCUT2D eigenvalue weighted by molar-refractivity contribution is 7.13. The number of para-hydroxylation sites is 1. The third-order valence-electron chi connectivity index (χ3n) is 6.32. The van der Waals surface area contributed by atoms with E-state index in [2.05, 4.69) is 60.4 Å². The third kappa shape index (κ3) is 4.11. The molecule has 3 nitrogen and oxygen atoms in total. The van der Waals surface area contributed by atoms with Crippen LogP contribution in [0.25, 0.3) is 0 Å². The van der Waals surface area contributed by atoms with Crippen LogP contribution in [0.1, 0.15) is 29.2 Å². The quantitative estimate of drug-likeness (QED) is 0.349. The fourth-order valence-electron chi connectivity index (χ4n) is 4.65. The zero-order valence-corrected chi connectivity index (χ0v) is 19.0. The summed E-state index contributed by atoms with van der Waals surface area (Å²) in [5, 5.41) is 2.64. The highest BCUT2D eigenvalue weighted by atomic mass is 32.1. The molecule has 1 heterocycles. The molecule has 4 heteroatoms. The van der Waals surface area contributed by atoms with Crippen molar-refractivity contribution in [2.75, 3.05) is 4.90 Å². The highest BCUT2D eigenvalue weighted by Crippen LogP contribution is 2.42. The van der Waals surface area contributed by atoms with Crippen molar-refractivity contribution < 1.29 is 4.79 Å². The van der Waals surface area contributed by atoms with Gasteiger partial charge in [-0.05, 0) is 60.1 Å². The lowest BCUT2D eigenvalue weighted by Gasteiger charge is -2.30. The molecule has 0 fully saturated rings. The molecule has 1 aliphatic rings. The number of hydrogen-bond acceptors (Lipinski definition) is 3. The van der Waals surface area contributed by atoms with E-state index in [1.807, 2.05) is 35.7 Å². The minimum absolute atomic E-state index is 0.112. The lowest BCUT2D eigenvalue weighted by atomic mass is 9.85. The van der Waals surface area contributed by atoms with E-state index in [1.54, 1.807) is 11.1 Å². The first kappa shape index (κ1) is 20.7. The Bertz CT molecular complexity index is 1200. The lowest BCUT2D eigenvalue weighted by molar-refractivity contribution is -0.126. The predicted molar refractivity (Wildman–Crippen MR) is 132 cm³/mol. The number of benzene rings is 3. The van der Waals surface area contributed by atoms with Crippen molar-refractivity contribution in [1.29, 1.82) is 0 Å². The molecule has 0 bridgehead atoms. The lowest BCUT2D eigenvalue weighted by Crippen LogP contribution is -2.40. The van der Waals surface area contributed by atoms with Crippen molar-refractivity contribution in [3.05, 3.63) is 113 Å². The van der Waals surface area contributed by atoms with Crippen molar-refractivity contribution in [2.45, 2.75) is 32.6 Å². The monoisotopic (exact) mass is 438 g/mol. The molecule has 1 aromatic heterocycles. The number of carbonyl (C=O) groups is 1. The Hall–Kier alpha value is -3.24. The van der Waals surface area contributed by atoms with Gasteiger partial charge in [-0.25, -0.2) is 4.98 Å². The van der Waals surface area contributed by atoms with Crippen LogP contribution in [-0.4, -0.2) is 10.9 Å². The van der Waals surface area contributed by atoms with Crippen LogP contribution in [0.2, 0.25) is 0 Å². The van der Waals surface area contributed by atoms with Gasteiger partial charge in [-0.15, -0.1) is 11.3 Å². The highest BCUT2D eigenvalue weighted by Gasteiger charge is 2.43. The maximum absolute atomic E-state index is 13.9. The first-order valence-corrected chi connectivity index (χ1v) is 11.9. The van der Waals surface area contributed by atoms with Gasteiger partial charge in [0.05, 0.1) is 11.1 Å². The predicted octanol–water partition coefficient (Wildman–Crippen LogP) is 6.40. The number of anilines is 2. The normalized spacial score (nSPS) is 17.2. The van der Waals surface area contributed by atoms with Crippen LogP contribution in [0, 0.1) is 5.41 Å². The van der Waals surface area contributed by atoms with Crippen molar-refractivity contribution >= 4 is 28.1 Å². The minimum Gasteiger partial charge on any atom is -0.273 e. The molecule has 5 rings (SSSR count). The molecule has 1 unspecified atom stereocenters. The second kappa shape index (κ2) is 8.71. The van der Waals surface area contributed by atoms with Crippen molar-refractivity contribution in [3.63, 3.8) is 0 Å². The van der Waals surface area contributed by atoms with Crippen LogP contribution in [0.15, 0.2) is 90.4 Å². The number of nitrogens with zero attached hydrogens (tertiary/aromatic N) is 2. The van der Waals surface area contributed by atoms with E-state index in [0.29, 0.717) is 0 Å². The molecule has 1 amide bonds. The second-order valence-electron chi connectivity index (χ2n) is 8.79. The summed E-state index contributed by atoms with van der Waals surface area (Å²) < 4.78 is 0.